The molecule has 0 atom stereocenters. The summed E-state index contributed by atoms with van der Waals surface area (Å²) >= 11 is 0. The number of aryl methyl sites for hydroxylation is 1. The summed E-state index contributed by atoms with van der Waals surface area (Å²) in [5.74, 6) is 0.925. The van der Waals surface area contributed by atoms with Gasteiger partial charge in [0, 0.05) is 23.5 Å². The Balaban J connectivity index is 1.98. The Kier molecular flexibility index (Phi) is 3.70. The van der Waals surface area contributed by atoms with Gasteiger partial charge in [0.25, 0.3) is 5.95 Å². The van der Waals surface area contributed by atoms with Gasteiger partial charge in [-0.3, -0.25) is 0 Å². The third kappa shape index (κ3) is 2.88. The second-order valence-electron chi connectivity index (χ2n) is 4.87. The lowest BCUT2D eigenvalue weighted by Gasteiger charge is -2.03. The van der Waals surface area contributed by atoms with Crippen LogP contribution in [0.1, 0.15) is 11.3 Å². The van der Waals surface area contributed by atoms with Crippen molar-refractivity contribution < 1.29 is 9.84 Å². The van der Waals surface area contributed by atoms with Crippen LogP contribution in [0, 0.1) is 6.92 Å². The number of fused-ring (bicyclic) bond motifs is 1. The lowest BCUT2D eigenvalue weighted by atomic mass is 10.1. The predicted octanol–water partition coefficient (Wildman–Crippen LogP) is 3.40. The molecule has 1 heterocycles. The summed E-state index contributed by atoms with van der Waals surface area (Å²) in [6.45, 7) is 1.84. The van der Waals surface area contributed by atoms with Crippen molar-refractivity contribution in [1.29, 1.82) is 0 Å². The molecule has 0 fully saturated rings. The molecule has 1 N–H and O–H groups in total. The highest BCUT2D eigenvalue weighted by Crippen LogP contribution is 2.24. The van der Waals surface area contributed by atoms with Gasteiger partial charge in [0.05, 0.1) is 7.11 Å². The fraction of sp³-hybridized carbons (Fsp3) is 0.118. The largest absolute Gasteiger partial charge is 0.507 e. The van der Waals surface area contributed by atoms with Gasteiger partial charge in [-0.1, -0.05) is 24.3 Å². The zero-order chi connectivity index (χ0) is 15.5. The molecule has 0 bridgehead atoms. The third-order valence-electron chi connectivity index (χ3n) is 3.24. The van der Waals surface area contributed by atoms with E-state index in [9.17, 15) is 5.11 Å². The number of phenols is 1. The first kappa shape index (κ1) is 14.0. The smallest absolute Gasteiger partial charge is 0.252 e. The maximum absolute atomic E-state index is 10.1. The molecule has 110 valence electrons. The van der Waals surface area contributed by atoms with Gasteiger partial charge in [0.15, 0.2) is 0 Å². The van der Waals surface area contributed by atoms with Crippen LogP contribution >= 0.6 is 0 Å². The number of phenolic OH excluding ortho intramolecular Hbond substituents is 1. The van der Waals surface area contributed by atoms with E-state index in [1.54, 1.807) is 25.5 Å². The molecule has 0 aliphatic rings. The van der Waals surface area contributed by atoms with Gasteiger partial charge in [-0.05, 0) is 29.8 Å². The summed E-state index contributed by atoms with van der Waals surface area (Å²) in [6, 6.07) is 13.1. The highest BCUT2D eigenvalue weighted by Gasteiger charge is 2.03. The second kappa shape index (κ2) is 5.81. The first-order valence-corrected chi connectivity index (χ1v) is 6.81. The highest BCUT2D eigenvalue weighted by atomic mass is 16.5. The monoisotopic (exact) mass is 293 g/mol. The van der Waals surface area contributed by atoms with Gasteiger partial charge in [-0.25, -0.2) is 9.98 Å². The lowest BCUT2D eigenvalue weighted by molar-refractivity contribution is 0.397. The van der Waals surface area contributed by atoms with E-state index < -0.39 is 0 Å². The first-order valence-electron chi connectivity index (χ1n) is 6.81. The van der Waals surface area contributed by atoms with E-state index in [1.807, 2.05) is 37.3 Å². The van der Waals surface area contributed by atoms with Crippen molar-refractivity contribution in [1.82, 2.24) is 9.97 Å². The summed E-state index contributed by atoms with van der Waals surface area (Å²) in [7, 11) is 1.55. The van der Waals surface area contributed by atoms with Crippen LogP contribution in [0.3, 0.4) is 0 Å². The third-order valence-corrected chi connectivity index (χ3v) is 3.24. The topological polar surface area (TPSA) is 67.6 Å². The number of rotatable bonds is 3. The number of benzene rings is 2. The van der Waals surface area contributed by atoms with Gasteiger partial charge in [-0.15, -0.1) is 0 Å². The van der Waals surface area contributed by atoms with Crippen LogP contribution in [0.15, 0.2) is 47.5 Å². The van der Waals surface area contributed by atoms with Crippen LogP contribution in [0.5, 0.6) is 11.6 Å². The number of ether oxygens (including phenoxy) is 1. The van der Waals surface area contributed by atoms with Crippen LogP contribution in [0.25, 0.3) is 10.8 Å². The average Bonchev–Trinajstić information content (AvgIpc) is 2.52. The molecular weight excluding hydrogens is 278 g/mol. The molecule has 2 aromatic carbocycles. The lowest BCUT2D eigenvalue weighted by Crippen LogP contribution is -1.92. The van der Waals surface area contributed by atoms with Crippen LogP contribution < -0.4 is 4.74 Å². The molecule has 0 amide bonds. The summed E-state index contributed by atoms with van der Waals surface area (Å²) < 4.78 is 5.09. The van der Waals surface area contributed by atoms with Crippen LogP contribution in [-0.2, 0) is 0 Å². The molecule has 3 aromatic rings. The van der Waals surface area contributed by atoms with Gasteiger partial charge in [0.1, 0.15) is 5.75 Å². The van der Waals surface area contributed by atoms with E-state index in [-0.39, 0.29) is 5.75 Å². The summed E-state index contributed by atoms with van der Waals surface area (Å²) in [5, 5.41) is 12.1. The molecule has 5 heteroatoms. The minimum absolute atomic E-state index is 0.169. The molecule has 0 saturated carbocycles. The maximum Gasteiger partial charge on any atom is 0.252 e. The molecule has 0 aliphatic heterocycles. The molecule has 5 nitrogen and oxygen atoms in total. The fourth-order valence-electron chi connectivity index (χ4n) is 2.16. The Morgan fingerprint density at radius 3 is 2.55 bits per heavy atom. The van der Waals surface area contributed by atoms with Gasteiger partial charge in [-0.2, -0.15) is 4.98 Å². The number of methoxy groups -OCH3 is 1. The number of aromatic hydroxyl groups is 1. The Morgan fingerprint density at radius 1 is 1.09 bits per heavy atom. The molecule has 0 unspecified atom stereocenters. The maximum atomic E-state index is 10.1. The average molecular weight is 293 g/mol. The minimum atomic E-state index is 0.169. The number of aliphatic imine (C=N–C) groups is 1. The molecular formula is C17H15N3O2. The standard InChI is InChI=1S/C17H15N3O2/c1-11-7-16(22-2)20-17(19-11)18-10-14-8-12-5-3-4-6-13(12)9-15(14)21/h3-10,21H,1-2H3. The van der Waals surface area contributed by atoms with Gasteiger partial charge >= 0.3 is 0 Å². The number of hydrogen-bond acceptors (Lipinski definition) is 5. The SMILES string of the molecule is COc1cc(C)nc(N=Cc2cc3ccccc3cc2O)n1. The first-order chi connectivity index (χ1) is 10.7. The normalized spacial score (nSPS) is 11.2. The van der Waals surface area contributed by atoms with E-state index in [1.165, 1.54) is 0 Å². The van der Waals surface area contributed by atoms with Crippen LogP contribution in [-0.4, -0.2) is 28.4 Å². The Bertz CT molecular complexity index is 860. The van der Waals surface area contributed by atoms with E-state index in [4.69, 9.17) is 4.74 Å². The van der Waals surface area contributed by atoms with Crippen LogP contribution in [0.4, 0.5) is 5.95 Å². The van der Waals surface area contributed by atoms with E-state index in [2.05, 4.69) is 15.0 Å². The highest BCUT2D eigenvalue weighted by molar-refractivity contribution is 5.94. The Morgan fingerprint density at radius 2 is 1.82 bits per heavy atom. The van der Waals surface area contributed by atoms with Crippen molar-refractivity contribution in [3.8, 4) is 11.6 Å². The van der Waals surface area contributed by atoms with Crippen molar-refractivity contribution >= 4 is 22.9 Å². The van der Waals surface area contributed by atoms with Crippen molar-refractivity contribution in [3.05, 3.63) is 53.7 Å². The predicted molar refractivity (Wildman–Crippen MR) is 86.2 cm³/mol. The minimum Gasteiger partial charge on any atom is -0.507 e. The van der Waals surface area contributed by atoms with E-state index >= 15 is 0 Å². The zero-order valence-corrected chi connectivity index (χ0v) is 12.3. The molecule has 1 aromatic heterocycles. The molecule has 22 heavy (non-hydrogen) atoms. The molecule has 0 aliphatic carbocycles. The molecule has 0 saturated heterocycles. The van der Waals surface area contributed by atoms with Gasteiger partial charge in [0.2, 0.25) is 5.88 Å². The molecule has 3 rings (SSSR count). The molecule has 0 radical (unpaired) electrons. The number of nitrogens with zero attached hydrogens (tertiary/aromatic N) is 3. The van der Waals surface area contributed by atoms with Crippen molar-refractivity contribution in [2.24, 2.45) is 4.99 Å². The van der Waals surface area contributed by atoms with Crippen molar-refractivity contribution in [3.63, 3.8) is 0 Å². The Hall–Kier alpha value is -2.95. The Labute approximate surface area is 128 Å². The molecule has 0 spiro atoms. The zero-order valence-electron chi connectivity index (χ0n) is 12.3. The fourth-order valence-corrected chi connectivity index (χ4v) is 2.16. The van der Waals surface area contributed by atoms with Crippen molar-refractivity contribution in [2.45, 2.75) is 6.92 Å². The quantitative estimate of drug-likeness (QED) is 0.751. The van der Waals surface area contributed by atoms with Crippen molar-refractivity contribution in [2.75, 3.05) is 7.11 Å². The number of hydrogen-bond donors (Lipinski definition) is 1. The summed E-state index contributed by atoms with van der Waals surface area (Å²) in [4.78, 5) is 12.6. The summed E-state index contributed by atoms with van der Waals surface area (Å²) in [6.07, 6.45) is 1.55. The summed E-state index contributed by atoms with van der Waals surface area (Å²) in [5.41, 5.74) is 1.38. The van der Waals surface area contributed by atoms with Gasteiger partial charge < -0.3 is 9.84 Å². The van der Waals surface area contributed by atoms with E-state index in [0.29, 0.717) is 17.4 Å². The van der Waals surface area contributed by atoms with Crippen LogP contribution in [0.2, 0.25) is 0 Å². The number of aromatic nitrogens is 2. The van der Waals surface area contributed by atoms with E-state index in [0.717, 1.165) is 16.5 Å². The second-order valence-corrected chi connectivity index (χ2v) is 4.87.